The van der Waals surface area contributed by atoms with Crippen LogP contribution in [0, 0.1) is 0 Å². The summed E-state index contributed by atoms with van der Waals surface area (Å²) in [4.78, 5) is 11.6. The van der Waals surface area contributed by atoms with E-state index in [1.165, 1.54) is 28.6 Å². The maximum atomic E-state index is 13.4. The van der Waals surface area contributed by atoms with Gasteiger partial charge in [-0.15, -0.1) is 0 Å². The van der Waals surface area contributed by atoms with Crippen LogP contribution >= 0.6 is 0 Å². The van der Waals surface area contributed by atoms with Gasteiger partial charge in [-0.1, -0.05) is 60.7 Å². The van der Waals surface area contributed by atoms with Gasteiger partial charge in [0.1, 0.15) is 5.75 Å². The molecule has 0 atom stereocenters. The van der Waals surface area contributed by atoms with Crippen LogP contribution in [-0.4, -0.2) is 31.9 Å². The van der Waals surface area contributed by atoms with Crippen molar-refractivity contribution in [2.24, 2.45) is 0 Å². The molecule has 162 valence electrons. The van der Waals surface area contributed by atoms with Gasteiger partial charge in [0.2, 0.25) is 10.0 Å². The van der Waals surface area contributed by atoms with Gasteiger partial charge in [0, 0.05) is 13.1 Å². The number of carbonyl (C=O) groups is 1. The molecule has 0 saturated heterocycles. The lowest BCUT2D eigenvalue weighted by atomic mass is 10.2. The average molecular weight is 440 g/mol. The Morgan fingerprint density at radius 3 is 1.81 bits per heavy atom. The fraction of sp³-hybridized carbons (Fsp3) is 0.208. The first kappa shape index (κ1) is 22.5. The summed E-state index contributed by atoms with van der Waals surface area (Å²) in [6.07, 6.45) is 0. The summed E-state index contributed by atoms with van der Waals surface area (Å²) in [7, 11) is -3.77. The minimum Gasteiger partial charge on any atom is -0.482 e. The number of hydrogen-bond donors (Lipinski definition) is 0. The molecule has 0 radical (unpaired) electrons. The normalized spacial score (nSPS) is 11.3. The van der Waals surface area contributed by atoms with E-state index in [2.05, 4.69) is 0 Å². The molecule has 31 heavy (non-hydrogen) atoms. The van der Waals surface area contributed by atoms with E-state index in [1.807, 2.05) is 60.7 Å². The standard InChI is InChI=1S/C24H25NO5S/c1-2-29-24(26)19-30-22-13-15-23(16-14-22)31(27,28)25(17-20-9-5-3-6-10-20)18-21-11-7-4-8-12-21/h3-16H,2,17-19H2,1H3. The second kappa shape index (κ2) is 10.7. The van der Waals surface area contributed by atoms with Gasteiger partial charge in [-0.25, -0.2) is 13.2 Å². The van der Waals surface area contributed by atoms with Crippen LogP contribution in [0.2, 0.25) is 0 Å². The Labute approximate surface area is 183 Å². The summed E-state index contributed by atoms with van der Waals surface area (Å²) < 4.78 is 38.5. The molecule has 0 fully saturated rings. The van der Waals surface area contributed by atoms with Crippen molar-refractivity contribution in [1.82, 2.24) is 4.31 Å². The smallest absolute Gasteiger partial charge is 0.344 e. The fourth-order valence-electron chi connectivity index (χ4n) is 3.00. The number of nitrogens with zero attached hydrogens (tertiary/aromatic N) is 1. The molecule has 7 heteroatoms. The fourth-order valence-corrected chi connectivity index (χ4v) is 4.42. The van der Waals surface area contributed by atoms with Crippen LogP contribution in [0.15, 0.2) is 89.8 Å². The van der Waals surface area contributed by atoms with Crippen LogP contribution in [0.4, 0.5) is 0 Å². The number of carbonyl (C=O) groups excluding carboxylic acids is 1. The predicted octanol–water partition coefficient (Wildman–Crippen LogP) is 4.02. The van der Waals surface area contributed by atoms with E-state index in [-0.39, 0.29) is 31.2 Å². The van der Waals surface area contributed by atoms with Crippen molar-refractivity contribution in [2.45, 2.75) is 24.9 Å². The first-order valence-electron chi connectivity index (χ1n) is 9.95. The van der Waals surface area contributed by atoms with Gasteiger partial charge in [0.05, 0.1) is 11.5 Å². The lowest BCUT2D eigenvalue weighted by Crippen LogP contribution is -2.30. The molecular formula is C24H25NO5S. The van der Waals surface area contributed by atoms with E-state index in [1.54, 1.807) is 6.92 Å². The molecule has 6 nitrogen and oxygen atoms in total. The molecule has 0 aromatic heterocycles. The van der Waals surface area contributed by atoms with Crippen molar-refractivity contribution < 1.29 is 22.7 Å². The predicted molar refractivity (Wildman–Crippen MR) is 118 cm³/mol. The summed E-state index contributed by atoms with van der Waals surface area (Å²) >= 11 is 0. The third-order valence-electron chi connectivity index (χ3n) is 4.53. The van der Waals surface area contributed by atoms with Crippen LogP contribution in [-0.2, 0) is 32.6 Å². The van der Waals surface area contributed by atoms with Crippen molar-refractivity contribution in [3.05, 3.63) is 96.1 Å². The van der Waals surface area contributed by atoms with Gasteiger partial charge >= 0.3 is 5.97 Å². The molecular weight excluding hydrogens is 414 g/mol. The summed E-state index contributed by atoms with van der Waals surface area (Å²) in [5.41, 5.74) is 1.80. The summed E-state index contributed by atoms with van der Waals surface area (Å²) in [5.74, 6) is -0.0826. The summed E-state index contributed by atoms with van der Waals surface area (Å²) in [5, 5.41) is 0. The number of rotatable bonds is 10. The molecule has 0 aliphatic heterocycles. The topological polar surface area (TPSA) is 72.9 Å². The highest BCUT2D eigenvalue weighted by molar-refractivity contribution is 7.89. The third-order valence-corrected chi connectivity index (χ3v) is 6.33. The van der Waals surface area contributed by atoms with E-state index in [0.29, 0.717) is 5.75 Å². The Morgan fingerprint density at radius 1 is 0.806 bits per heavy atom. The Morgan fingerprint density at radius 2 is 1.32 bits per heavy atom. The Kier molecular flexibility index (Phi) is 7.81. The maximum absolute atomic E-state index is 13.4. The van der Waals surface area contributed by atoms with Gasteiger partial charge < -0.3 is 9.47 Å². The van der Waals surface area contributed by atoms with Crippen molar-refractivity contribution in [3.8, 4) is 5.75 Å². The second-order valence-corrected chi connectivity index (χ2v) is 8.75. The average Bonchev–Trinajstić information content (AvgIpc) is 2.79. The van der Waals surface area contributed by atoms with Gasteiger partial charge in [0.25, 0.3) is 0 Å². The third kappa shape index (κ3) is 6.41. The minimum atomic E-state index is -3.77. The molecule has 0 bridgehead atoms. The molecule has 3 aromatic rings. The lowest BCUT2D eigenvalue weighted by Gasteiger charge is -2.23. The van der Waals surface area contributed by atoms with Crippen molar-refractivity contribution in [3.63, 3.8) is 0 Å². The SMILES string of the molecule is CCOC(=O)COc1ccc(S(=O)(=O)N(Cc2ccccc2)Cc2ccccc2)cc1. The number of ether oxygens (including phenoxy) is 2. The number of sulfonamides is 1. The van der Waals surface area contributed by atoms with E-state index in [0.717, 1.165) is 11.1 Å². The second-order valence-electron chi connectivity index (χ2n) is 6.81. The van der Waals surface area contributed by atoms with E-state index in [9.17, 15) is 13.2 Å². The highest BCUT2D eigenvalue weighted by Gasteiger charge is 2.25. The van der Waals surface area contributed by atoms with E-state index in [4.69, 9.17) is 9.47 Å². The molecule has 0 saturated carbocycles. The minimum absolute atomic E-state index is 0.155. The largest absolute Gasteiger partial charge is 0.482 e. The zero-order valence-electron chi connectivity index (χ0n) is 17.3. The van der Waals surface area contributed by atoms with Crippen LogP contribution < -0.4 is 4.74 Å². The zero-order chi connectivity index (χ0) is 22.1. The highest BCUT2D eigenvalue weighted by atomic mass is 32.2. The first-order chi connectivity index (χ1) is 15.0. The Hall–Kier alpha value is -3.16. The molecule has 0 spiro atoms. The van der Waals surface area contributed by atoms with Crippen molar-refractivity contribution in [2.75, 3.05) is 13.2 Å². The van der Waals surface area contributed by atoms with Crippen LogP contribution in [0.5, 0.6) is 5.75 Å². The molecule has 3 aromatic carbocycles. The molecule has 0 aliphatic rings. The van der Waals surface area contributed by atoms with Crippen LogP contribution in [0.3, 0.4) is 0 Å². The van der Waals surface area contributed by atoms with E-state index >= 15 is 0 Å². The zero-order valence-corrected chi connectivity index (χ0v) is 18.1. The molecule has 3 rings (SSSR count). The van der Waals surface area contributed by atoms with Crippen LogP contribution in [0.25, 0.3) is 0 Å². The summed E-state index contributed by atoms with van der Waals surface area (Å²) in [6.45, 7) is 2.26. The van der Waals surface area contributed by atoms with Gasteiger partial charge in [0.15, 0.2) is 6.61 Å². The quantitative estimate of drug-likeness (QED) is 0.446. The van der Waals surface area contributed by atoms with Crippen LogP contribution in [0.1, 0.15) is 18.1 Å². The summed E-state index contributed by atoms with van der Waals surface area (Å²) in [6, 6.07) is 25.0. The Balaban J connectivity index is 1.80. The molecule has 0 aliphatic carbocycles. The molecule has 0 unspecified atom stereocenters. The monoisotopic (exact) mass is 439 g/mol. The van der Waals surface area contributed by atoms with Gasteiger partial charge in [-0.2, -0.15) is 4.31 Å². The highest BCUT2D eigenvalue weighted by Crippen LogP contribution is 2.23. The number of hydrogen-bond acceptors (Lipinski definition) is 5. The van der Waals surface area contributed by atoms with Gasteiger partial charge in [-0.3, -0.25) is 0 Å². The Bertz CT molecular complexity index is 1030. The number of benzene rings is 3. The molecule has 0 N–H and O–H groups in total. The van der Waals surface area contributed by atoms with Crippen molar-refractivity contribution >= 4 is 16.0 Å². The molecule has 0 amide bonds. The first-order valence-corrected chi connectivity index (χ1v) is 11.4. The number of esters is 1. The maximum Gasteiger partial charge on any atom is 0.344 e. The van der Waals surface area contributed by atoms with E-state index < -0.39 is 16.0 Å². The molecule has 0 heterocycles. The lowest BCUT2D eigenvalue weighted by molar-refractivity contribution is -0.145. The van der Waals surface area contributed by atoms with Crippen molar-refractivity contribution in [1.29, 1.82) is 0 Å². The van der Waals surface area contributed by atoms with Gasteiger partial charge in [-0.05, 0) is 42.3 Å².